The lowest BCUT2D eigenvalue weighted by Crippen LogP contribution is -2.21. The molecule has 0 amide bonds. The summed E-state index contributed by atoms with van der Waals surface area (Å²) in [5.74, 6) is -0.00273. The topological polar surface area (TPSA) is 85.1 Å². The van der Waals surface area contributed by atoms with Gasteiger partial charge in [0, 0.05) is 5.69 Å². The Labute approximate surface area is 165 Å². The van der Waals surface area contributed by atoms with Crippen molar-refractivity contribution in [2.24, 2.45) is 0 Å². The number of furan rings is 1. The molecule has 0 saturated heterocycles. The number of ether oxygens (including phenoxy) is 1. The van der Waals surface area contributed by atoms with Gasteiger partial charge in [0.05, 0.1) is 18.4 Å². The van der Waals surface area contributed by atoms with Gasteiger partial charge in [-0.15, -0.1) is 0 Å². The van der Waals surface area contributed by atoms with Crippen LogP contribution in [0.25, 0.3) is 0 Å². The minimum atomic E-state index is -4.64. The zero-order valence-corrected chi connectivity index (χ0v) is 14.9. The van der Waals surface area contributed by atoms with Gasteiger partial charge in [-0.2, -0.15) is 41.3 Å². The molecule has 0 bridgehead atoms. The summed E-state index contributed by atoms with van der Waals surface area (Å²) in [6.07, 6.45) is -7.79. The first kappa shape index (κ1) is 21.2. The number of nitrogens with one attached hydrogen (secondary N) is 2. The van der Waals surface area contributed by atoms with E-state index in [-0.39, 0.29) is 24.1 Å². The number of benzene rings is 1. The second-order valence-corrected chi connectivity index (χ2v) is 5.81. The van der Waals surface area contributed by atoms with Crippen molar-refractivity contribution in [3.8, 4) is 6.01 Å². The maximum Gasteiger partial charge on any atom is 0.422 e. The zero-order chi connectivity index (χ0) is 21.8. The largest absolute Gasteiger partial charge is 0.467 e. The highest BCUT2D eigenvalue weighted by Gasteiger charge is 2.31. The fraction of sp³-hybridized carbons (Fsp3) is 0.235. The fourth-order valence-corrected chi connectivity index (χ4v) is 2.18. The monoisotopic (exact) mass is 433 g/mol. The van der Waals surface area contributed by atoms with Gasteiger partial charge >= 0.3 is 18.4 Å². The second kappa shape index (κ2) is 8.47. The molecule has 160 valence electrons. The highest BCUT2D eigenvalue weighted by Crippen LogP contribution is 2.31. The Morgan fingerprint density at radius 2 is 1.70 bits per heavy atom. The molecular formula is C17H13F6N5O2. The highest BCUT2D eigenvalue weighted by molar-refractivity contribution is 5.55. The van der Waals surface area contributed by atoms with E-state index in [4.69, 9.17) is 4.42 Å². The lowest BCUT2D eigenvalue weighted by atomic mass is 10.2. The Morgan fingerprint density at radius 1 is 0.933 bits per heavy atom. The van der Waals surface area contributed by atoms with E-state index >= 15 is 0 Å². The van der Waals surface area contributed by atoms with Crippen LogP contribution in [0.3, 0.4) is 0 Å². The summed E-state index contributed by atoms with van der Waals surface area (Å²) in [5.41, 5.74) is -0.957. The van der Waals surface area contributed by atoms with Gasteiger partial charge in [-0.1, -0.05) is 6.07 Å². The molecule has 0 radical (unpaired) electrons. The summed E-state index contributed by atoms with van der Waals surface area (Å²) < 4.78 is 85.5. The molecule has 0 aliphatic heterocycles. The van der Waals surface area contributed by atoms with E-state index < -0.39 is 30.5 Å². The lowest BCUT2D eigenvalue weighted by molar-refractivity contribution is -0.154. The van der Waals surface area contributed by atoms with Crippen molar-refractivity contribution in [2.75, 3.05) is 17.2 Å². The molecule has 0 unspecified atom stereocenters. The number of nitrogens with zero attached hydrogens (tertiary/aromatic N) is 3. The first-order valence-corrected chi connectivity index (χ1v) is 8.25. The van der Waals surface area contributed by atoms with Crippen LogP contribution < -0.4 is 15.4 Å². The second-order valence-electron chi connectivity index (χ2n) is 5.81. The summed E-state index contributed by atoms with van der Waals surface area (Å²) in [5, 5.41) is 5.21. The summed E-state index contributed by atoms with van der Waals surface area (Å²) in [6, 6.07) is 6.73. The van der Waals surface area contributed by atoms with Gasteiger partial charge in [0.25, 0.3) is 0 Å². The Kier molecular flexibility index (Phi) is 5.99. The van der Waals surface area contributed by atoms with E-state index in [1.807, 2.05) is 0 Å². The molecule has 0 spiro atoms. The van der Waals surface area contributed by atoms with Crippen molar-refractivity contribution in [3.63, 3.8) is 0 Å². The van der Waals surface area contributed by atoms with E-state index in [9.17, 15) is 26.3 Å². The molecule has 13 heteroatoms. The predicted octanol–water partition coefficient (Wildman–Crippen LogP) is 4.78. The van der Waals surface area contributed by atoms with Crippen molar-refractivity contribution < 1.29 is 35.5 Å². The number of hydrogen-bond acceptors (Lipinski definition) is 7. The van der Waals surface area contributed by atoms with Crippen molar-refractivity contribution in [1.82, 2.24) is 15.0 Å². The maximum atomic E-state index is 12.9. The molecule has 0 aliphatic carbocycles. The molecule has 3 aromatic rings. The molecule has 0 atom stereocenters. The molecule has 7 nitrogen and oxygen atoms in total. The highest BCUT2D eigenvalue weighted by atomic mass is 19.4. The number of aromatic nitrogens is 3. The summed E-state index contributed by atoms with van der Waals surface area (Å²) in [4.78, 5) is 11.3. The van der Waals surface area contributed by atoms with Gasteiger partial charge in [0.15, 0.2) is 6.61 Å². The third-order valence-electron chi connectivity index (χ3n) is 3.43. The van der Waals surface area contributed by atoms with Gasteiger partial charge in [0.2, 0.25) is 11.9 Å². The first-order chi connectivity index (χ1) is 14.1. The number of hydrogen-bond donors (Lipinski definition) is 2. The Morgan fingerprint density at radius 3 is 2.37 bits per heavy atom. The average Bonchev–Trinajstić information content (AvgIpc) is 3.17. The molecule has 2 N–H and O–H groups in total. The van der Waals surface area contributed by atoms with Crippen LogP contribution in [0, 0.1) is 0 Å². The zero-order valence-electron chi connectivity index (χ0n) is 14.9. The van der Waals surface area contributed by atoms with E-state index in [1.165, 1.54) is 12.3 Å². The maximum absolute atomic E-state index is 12.9. The number of rotatable bonds is 7. The van der Waals surface area contributed by atoms with E-state index in [0.29, 0.717) is 5.76 Å². The third kappa shape index (κ3) is 6.25. The minimum absolute atomic E-state index is 0.0326. The van der Waals surface area contributed by atoms with Crippen LogP contribution in [0.1, 0.15) is 11.3 Å². The molecule has 1 aromatic carbocycles. The molecular weight excluding hydrogens is 420 g/mol. The van der Waals surface area contributed by atoms with Gasteiger partial charge in [-0.25, -0.2) is 0 Å². The van der Waals surface area contributed by atoms with E-state index in [2.05, 4.69) is 30.3 Å². The molecule has 30 heavy (non-hydrogen) atoms. The Bertz CT molecular complexity index is 976. The molecule has 0 saturated carbocycles. The molecule has 2 heterocycles. The van der Waals surface area contributed by atoms with Crippen LogP contribution in [-0.4, -0.2) is 27.7 Å². The standard InChI is InChI=1S/C17H13F6N5O2/c18-16(19,20)9-30-15-27-13(24-8-12-5-2-6-29-12)26-14(28-15)25-11-4-1-3-10(7-11)17(21,22)23/h1-7H,8-9H2,(H2,24,25,26,27,28). The van der Waals surface area contributed by atoms with Crippen molar-refractivity contribution in [2.45, 2.75) is 18.9 Å². The lowest BCUT2D eigenvalue weighted by Gasteiger charge is -2.12. The van der Waals surface area contributed by atoms with Gasteiger partial charge < -0.3 is 19.8 Å². The molecule has 3 rings (SSSR count). The van der Waals surface area contributed by atoms with Gasteiger partial charge in [-0.3, -0.25) is 0 Å². The summed E-state index contributed by atoms with van der Waals surface area (Å²) in [7, 11) is 0. The van der Waals surface area contributed by atoms with E-state index in [1.54, 1.807) is 12.1 Å². The van der Waals surface area contributed by atoms with Crippen molar-refractivity contribution in [1.29, 1.82) is 0 Å². The predicted molar refractivity (Wildman–Crippen MR) is 92.1 cm³/mol. The quantitative estimate of drug-likeness (QED) is 0.519. The van der Waals surface area contributed by atoms with Gasteiger partial charge in [-0.05, 0) is 30.3 Å². The third-order valence-corrected chi connectivity index (χ3v) is 3.43. The molecule has 0 fully saturated rings. The van der Waals surface area contributed by atoms with Crippen LogP contribution in [0.15, 0.2) is 47.1 Å². The summed E-state index contributed by atoms with van der Waals surface area (Å²) >= 11 is 0. The first-order valence-electron chi connectivity index (χ1n) is 8.25. The van der Waals surface area contributed by atoms with Crippen LogP contribution >= 0.6 is 0 Å². The smallest absolute Gasteiger partial charge is 0.422 e. The summed E-state index contributed by atoms with van der Waals surface area (Å²) in [6.45, 7) is -1.56. The molecule has 0 aliphatic rings. The SMILES string of the molecule is FC(F)(F)COc1nc(NCc2ccco2)nc(Nc2cccc(C(F)(F)F)c2)n1. The van der Waals surface area contributed by atoms with Crippen molar-refractivity contribution >= 4 is 17.6 Å². The molecule has 2 aromatic heterocycles. The Balaban J connectivity index is 1.83. The average molecular weight is 433 g/mol. The number of alkyl halides is 6. The van der Waals surface area contributed by atoms with Gasteiger partial charge in [0.1, 0.15) is 5.76 Å². The van der Waals surface area contributed by atoms with Crippen molar-refractivity contribution in [3.05, 3.63) is 54.0 Å². The normalized spacial score (nSPS) is 11.9. The van der Waals surface area contributed by atoms with Crippen LogP contribution in [0.2, 0.25) is 0 Å². The minimum Gasteiger partial charge on any atom is -0.467 e. The van der Waals surface area contributed by atoms with Crippen LogP contribution in [0.4, 0.5) is 43.9 Å². The fourth-order valence-electron chi connectivity index (χ4n) is 2.18. The van der Waals surface area contributed by atoms with E-state index in [0.717, 1.165) is 18.2 Å². The van der Waals surface area contributed by atoms with Crippen LogP contribution in [-0.2, 0) is 12.7 Å². The Hall–Kier alpha value is -3.51. The number of halogens is 6. The number of anilines is 3. The van der Waals surface area contributed by atoms with Crippen LogP contribution in [0.5, 0.6) is 6.01 Å².